The van der Waals surface area contributed by atoms with Crippen LogP contribution in [0.4, 0.5) is 0 Å². The first kappa shape index (κ1) is 9.68. The first-order valence-corrected chi connectivity index (χ1v) is 4.66. The van der Waals surface area contributed by atoms with Gasteiger partial charge in [-0.15, -0.1) is 0 Å². The van der Waals surface area contributed by atoms with Gasteiger partial charge < -0.3 is 4.90 Å². The molecule has 0 aromatic carbocycles. The van der Waals surface area contributed by atoms with Gasteiger partial charge in [0.1, 0.15) is 0 Å². The Morgan fingerprint density at radius 2 is 1.75 bits per heavy atom. The monoisotopic (exact) mass is 169 g/mol. The molecule has 1 radical (unpaired) electrons. The number of hydrogen-bond donors (Lipinski definition) is 0. The Bertz CT molecular complexity index is 130. The second-order valence-electron chi connectivity index (χ2n) is 3.26. The molecular weight excluding hydrogens is 152 g/mol. The molecule has 0 spiro atoms. The van der Waals surface area contributed by atoms with Crippen molar-refractivity contribution < 1.29 is 4.79 Å². The molecule has 0 N–H and O–H groups in total. The molecule has 3 heteroatoms. The molecule has 0 aliphatic carbocycles. The lowest BCUT2D eigenvalue weighted by molar-refractivity contribution is 0.145. The molecular formula is C9H17N2O. The molecule has 1 aliphatic rings. The number of rotatable bonds is 4. The largest absolute Gasteiger partial charge is 0.301 e. The van der Waals surface area contributed by atoms with Gasteiger partial charge in [-0.2, -0.15) is 0 Å². The van der Waals surface area contributed by atoms with Gasteiger partial charge in [0.15, 0.2) is 0 Å². The molecule has 12 heavy (non-hydrogen) atoms. The summed E-state index contributed by atoms with van der Waals surface area (Å²) in [4.78, 5) is 14.7. The molecule has 1 rings (SSSR count). The summed E-state index contributed by atoms with van der Waals surface area (Å²) >= 11 is 0. The minimum absolute atomic E-state index is 0.486. The summed E-state index contributed by atoms with van der Waals surface area (Å²) in [5.41, 5.74) is 0. The Balaban J connectivity index is 2.15. The van der Waals surface area contributed by atoms with E-state index in [9.17, 15) is 4.79 Å². The van der Waals surface area contributed by atoms with Crippen LogP contribution in [0.15, 0.2) is 0 Å². The Labute approximate surface area is 74.3 Å². The third-order valence-electron chi connectivity index (χ3n) is 2.29. The standard InChI is InChI=1S/C9H17N2O/c1-2-3-10-4-6-11(7-5-10)8-9-12/h2-8H2,1H3. The van der Waals surface area contributed by atoms with Crippen LogP contribution in [0, 0.1) is 0 Å². The molecule has 69 valence electrons. The smallest absolute Gasteiger partial charge is 0.213 e. The zero-order chi connectivity index (χ0) is 8.81. The highest BCUT2D eigenvalue weighted by atomic mass is 16.1. The van der Waals surface area contributed by atoms with Gasteiger partial charge in [-0.1, -0.05) is 6.92 Å². The lowest BCUT2D eigenvalue weighted by Crippen LogP contribution is -2.46. The van der Waals surface area contributed by atoms with E-state index in [0.29, 0.717) is 6.54 Å². The van der Waals surface area contributed by atoms with E-state index in [-0.39, 0.29) is 0 Å². The van der Waals surface area contributed by atoms with Crippen LogP contribution in [0.5, 0.6) is 0 Å². The van der Waals surface area contributed by atoms with Crippen LogP contribution in [0.2, 0.25) is 0 Å². The van der Waals surface area contributed by atoms with Crippen LogP contribution in [-0.2, 0) is 4.79 Å². The molecule has 1 saturated heterocycles. The van der Waals surface area contributed by atoms with Crippen LogP contribution >= 0.6 is 0 Å². The lowest BCUT2D eigenvalue weighted by atomic mass is 10.3. The maximum atomic E-state index is 10.1. The predicted octanol–water partition coefficient (Wildman–Crippen LogP) is 0.124. The van der Waals surface area contributed by atoms with Gasteiger partial charge >= 0.3 is 0 Å². The van der Waals surface area contributed by atoms with E-state index in [1.165, 1.54) is 13.0 Å². The van der Waals surface area contributed by atoms with Crippen molar-refractivity contribution in [3.63, 3.8) is 0 Å². The topological polar surface area (TPSA) is 23.6 Å². The molecule has 0 bridgehead atoms. The molecule has 0 aromatic rings. The third kappa shape index (κ3) is 2.91. The summed E-state index contributed by atoms with van der Waals surface area (Å²) in [5, 5.41) is 0. The predicted molar refractivity (Wildman–Crippen MR) is 48.9 cm³/mol. The van der Waals surface area contributed by atoms with Crippen molar-refractivity contribution in [2.75, 3.05) is 39.3 Å². The number of nitrogens with zero attached hydrogens (tertiary/aromatic N) is 2. The third-order valence-corrected chi connectivity index (χ3v) is 2.29. The van der Waals surface area contributed by atoms with Crippen LogP contribution < -0.4 is 0 Å². The van der Waals surface area contributed by atoms with Crippen molar-refractivity contribution in [2.24, 2.45) is 0 Å². The van der Waals surface area contributed by atoms with Crippen molar-refractivity contribution >= 4 is 6.29 Å². The Morgan fingerprint density at radius 3 is 2.25 bits per heavy atom. The van der Waals surface area contributed by atoms with E-state index >= 15 is 0 Å². The van der Waals surface area contributed by atoms with Crippen molar-refractivity contribution in [1.82, 2.24) is 9.80 Å². The molecule has 0 atom stereocenters. The fourth-order valence-electron chi connectivity index (χ4n) is 1.58. The van der Waals surface area contributed by atoms with Crippen LogP contribution in [0.25, 0.3) is 0 Å². The maximum Gasteiger partial charge on any atom is 0.213 e. The Hall–Kier alpha value is -0.410. The summed E-state index contributed by atoms with van der Waals surface area (Å²) < 4.78 is 0. The van der Waals surface area contributed by atoms with Gasteiger partial charge in [-0.25, -0.2) is 0 Å². The zero-order valence-electron chi connectivity index (χ0n) is 7.75. The summed E-state index contributed by atoms with van der Waals surface area (Å²) in [6.07, 6.45) is 3.16. The molecule has 0 saturated carbocycles. The quantitative estimate of drug-likeness (QED) is 0.597. The number of hydrogen-bond acceptors (Lipinski definition) is 3. The minimum atomic E-state index is 0.486. The highest BCUT2D eigenvalue weighted by Gasteiger charge is 2.14. The van der Waals surface area contributed by atoms with E-state index in [2.05, 4.69) is 16.7 Å². The summed E-state index contributed by atoms with van der Waals surface area (Å²) in [5.74, 6) is 0. The molecule has 1 aliphatic heterocycles. The Morgan fingerprint density at radius 1 is 1.17 bits per heavy atom. The van der Waals surface area contributed by atoms with Gasteiger partial charge in [0.2, 0.25) is 6.29 Å². The van der Waals surface area contributed by atoms with Crippen LogP contribution in [0.3, 0.4) is 0 Å². The summed E-state index contributed by atoms with van der Waals surface area (Å²) in [6.45, 7) is 8.14. The highest BCUT2D eigenvalue weighted by molar-refractivity contribution is 5.53. The summed E-state index contributed by atoms with van der Waals surface area (Å²) in [6, 6.07) is 0. The first-order valence-electron chi connectivity index (χ1n) is 4.66. The average molecular weight is 169 g/mol. The highest BCUT2D eigenvalue weighted by Crippen LogP contribution is 2.00. The van der Waals surface area contributed by atoms with Crippen molar-refractivity contribution in [1.29, 1.82) is 0 Å². The summed E-state index contributed by atoms with van der Waals surface area (Å²) in [7, 11) is 0. The van der Waals surface area contributed by atoms with E-state index in [1.54, 1.807) is 0 Å². The zero-order valence-corrected chi connectivity index (χ0v) is 7.75. The van der Waals surface area contributed by atoms with Crippen molar-refractivity contribution in [3.8, 4) is 0 Å². The first-order chi connectivity index (χ1) is 5.86. The second-order valence-corrected chi connectivity index (χ2v) is 3.26. The van der Waals surface area contributed by atoms with Gasteiger partial charge in [0.05, 0.1) is 6.54 Å². The molecule has 0 amide bonds. The number of piperazine rings is 1. The van der Waals surface area contributed by atoms with Crippen molar-refractivity contribution in [2.45, 2.75) is 13.3 Å². The van der Waals surface area contributed by atoms with E-state index in [4.69, 9.17) is 0 Å². The van der Waals surface area contributed by atoms with Gasteiger partial charge in [0.25, 0.3) is 0 Å². The maximum absolute atomic E-state index is 10.1. The van der Waals surface area contributed by atoms with Gasteiger partial charge in [-0.3, -0.25) is 9.69 Å². The fraction of sp³-hybridized carbons (Fsp3) is 0.889. The molecule has 3 nitrogen and oxygen atoms in total. The van der Waals surface area contributed by atoms with Crippen LogP contribution in [0.1, 0.15) is 13.3 Å². The fourth-order valence-corrected chi connectivity index (χ4v) is 1.58. The van der Waals surface area contributed by atoms with E-state index in [0.717, 1.165) is 26.2 Å². The van der Waals surface area contributed by atoms with E-state index in [1.807, 2.05) is 6.29 Å². The van der Waals surface area contributed by atoms with Crippen molar-refractivity contribution in [3.05, 3.63) is 0 Å². The molecule has 1 fully saturated rings. The van der Waals surface area contributed by atoms with Gasteiger partial charge in [-0.05, 0) is 13.0 Å². The van der Waals surface area contributed by atoms with Gasteiger partial charge in [0, 0.05) is 26.2 Å². The van der Waals surface area contributed by atoms with E-state index < -0.39 is 0 Å². The normalized spacial score (nSPS) is 21.1. The lowest BCUT2D eigenvalue weighted by Gasteiger charge is -2.33. The average Bonchev–Trinajstić information content (AvgIpc) is 2.09. The molecule has 0 aromatic heterocycles. The Kier molecular flexibility index (Phi) is 4.25. The van der Waals surface area contributed by atoms with Crippen LogP contribution in [-0.4, -0.2) is 55.4 Å². The second kappa shape index (κ2) is 5.27. The molecule has 1 heterocycles. The number of carbonyl (C=O) groups excluding carboxylic acids is 1. The SMILES string of the molecule is CCCN1CCN(C[C]=O)CC1. The minimum Gasteiger partial charge on any atom is -0.301 e. The molecule has 0 unspecified atom stereocenters.